The molecule has 102 valence electrons. The number of anilines is 2. The molecule has 2 saturated heterocycles. The average Bonchev–Trinajstić information content (AvgIpc) is 2.61. The van der Waals surface area contributed by atoms with Gasteiger partial charge in [-0.3, -0.25) is 10.1 Å². The normalized spacial score (nSPS) is 29.5. The van der Waals surface area contributed by atoms with Crippen molar-refractivity contribution in [3.05, 3.63) is 28.3 Å². The minimum Gasteiger partial charge on any atom is -0.398 e. The van der Waals surface area contributed by atoms with Crippen LogP contribution in [-0.2, 0) is 0 Å². The summed E-state index contributed by atoms with van der Waals surface area (Å²) >= 11 is 0. The lowest BCUT2D eigenvalue weighted by molar-refractivity contribution is -0.384. The molecule has 2 fully saturated rings. The van der Waals surface area contributed by atoms with E-state index < -0.39 is 4.92 Å². The van der Waals surface area contributed by atoms with E-state index in [-0.39, 0.29) is 23.9 Å². The summed E-state index contributed by atoms with van der Waals surface area (Å²) in [7, 11) is 0. The molecule has 2 aliphatic rings. The summed E-state index contributed by atoms with van der Waals surface area (Å²) < 4.78 is 0. The first-order valence-electron chi connectivity index (χ1n) is 6.56. The fraction of sp³-hybridized carbons (Fsp3) is 0.538. The smallest absolute Gasteiger partial charge is 0.273 e. The largest absolute Gasteiger partial charge is 0.398 e. The maximum absolute atomic E-state index is 10.9. The van der Waals surface area contributed by atoms with Crippen molar-refractivity contribution in [3.63, 3.8) is 0 Å². The van der Waals surface area contributed by atoms with Crippen molar-refractivity contribution in [2.75, 3.05) is 10.6 Å². The Bertz CT molecular complexity index is 506. The van der Waals surface area contributed by atoms with Crippen LogP contribution in [0, 0.1) is 10.1 Å². The van der Waals surface area contributed by atoms with Crippen LogP contribution in [0.15, 0.2) is 18.2 Å². The van der Waals surface area contributed by atoms with Crippen LogP contribution in [0.2, 0.25) is 0 Å². The lowest BCUT2D eigenvalue weighted by Gasteiger charge is -2.39. The number of nitrogens with zero attached hydrogens (tertiary/aromatic N) is 2. The predicted octanol–water partition coefficient (Wildman–Crippen LogP) is 1.67. The van der Waals surface area contributed by atoms with Gasteiger partial charge in [-0.15, -0.1) is 0 Å². The van der Waals surface area contributed by atoms with Gasteiger partial charge in [0.1, 0.15) is 0 Å². The minimum absolute atomic E-state index is 0.0283. The SMILES string of the molecule is Nc1cc(N2C3CCC2CC(O)C3)cc([N+](=O)[O-])c1. The van der Waals surface area contributed by atoms with E-state index in [0.717, 1.165) is 31.4 Å². The van der Waals surface area contributed by atoms with Crippen LogP contribution in [0.4, 0.5) is 17.1 Å². The lowest BCUT2D eigenvalue weighted by Crippen LogP contribution is -2.44. The second-order valence-electron chi connectivity index (χ2n) is 5.46. The van der Waals surface area contributed by atoms with E-state index in [0.29, 0.717) is 5.69 Å². The first-order valence-corrected chi connectivity index (χ1v) is 6.56. The number of nitrogen functional groups attached to an aromatic ring is 1. The highest BCUT2D eigenvalue weighted by Gasteiger charge is 2.40. The Morgan fingerprint density at radius 1 is 1.26 bits per heavy atom. The number of nitro benzene ring substituents is 1. The number of benzene rings is 1. The molecule has 0 saturated carbocycles. The van der Waals surface area contributed by atoms with E-state index in [2.05, 4.69) is 4.90 Å². The number of hydrogen-bond donors (Lipinski definition) is 2. The molecule has 0 aromatic heterocycles. The lowest BCUT2D eigenvalue weighted by atomic mass is 9.99. The number of fused-ring (bicyclic) bond motifs is 2. The Kier molecular flexibility index (Phi) is 2.82. The zero-order valence-corrected chi connectivity index (χ0v) is 10.5. The first-order chi connectivity index (χ1) is 9.04. The Balaban J connectivity index is 1.96. The number of nitrogens with two attached hydrogens (primary N) is 1. The van der Waals surface area contributed by atoms with Crippen LogP contribution in [0.3, 0.4) is 0 Å². The number of aliphatic hydroxyl groups is 1. The summed E-state index contributed by atoms with van der Waals surface area (Å²) in [6, 6.07) is 5.30. The van der Waals surface area contributed by atoms with Crippen LogP contribution in [-0.4, -0.2) is 28.2 Å². The Morgan fingerprint density at radius 3 is 2.47 bits per heavy atom. The number of nitro groups is 1. The molecule has 3 N–H and O–H groups in total. The number of non-ortho nitro benzene ring substituents is 1. The Labute approximate surface area is 111 Å². The number of aliphatic hydroxyl groups excluding tert-OH is 1. The van der Waals surface area contributed by atoms with Crippen LogP contribution in [0.25, 0.3) is 0 Å². The monoisotopic (exact) mass is 263 g/mol. The summed E-state index contributed by atoms with van der Waals surface area (Å²) in [5.41, 5.74) is 7.01. The summed E-state index contributed by atoms with van der Waals surface area (Å²) in [6.07, 6.45) is 3.29. The summed E-state index contributed by atoms with van der Waals surface area (Å²) in [4.78, 5) is 12.7. The predicted molar refractivity (Wildman–Crippen MR) is 72.0 cm³/mol. The molecule has 2 bridgehead atoms. The van der Waals surface area contributed by atoms with Gasteiger partial charge < -0.3 is 15.7 Å². The molecular formula is C13H17N3O3. The Hall–Kier alpha value is -1.82. The zero-order valence-electron chi connectivity index (χ0n) is 10.5. The van der Waals surface area contributed by atoms with Crippen LogP contribution < -0.4 is 10.6 Å². The second kappa shape index (κ2) is 4.38. The van der Waals surface area contributed by atoms with Crippen LogP contribution in [0.1, 0.15) is 25.7 Å². The topological polar surface area (TPSA) is 92.6 Å². The summed E-state index contributed by atoms with van der Waals surface area (Å²) in [5.74, 6) is 0. The van der Waals surface area contributed by atoms with E-state index in [4.69, 9.17) is 5.73 Å². The highest BCUT2D eigenvalue weighted by molar-refractivity contribution is 5.64. The van der Waals surface area contributed by atoms with E-state index in [9.17, 15) is 15.2 Å². The van der Waals surface area contributed by atoms with E-state index >= 15 is 0 Å². The molecule has 0 spiro atoms. The van der Waals surface area contributed by atoms with Crippen molar-refractivity contribution in [2.45, 2.75) is 43.9 Å². The fourth-order valence-electron chi connectivity index (χ4n) is 3.44. The van der Waals surface area contributed by atoms with Crippen molar-refractivity contribution >= 4 is 17.1 Å². The standard InChI is InChI=1S/C13H17N3O3/c14-8-3-11(5-12(4-8)16(18)19)15-9-1-2-10(15)7-13(17)6-9/h3-5,9-10,13,17H,1-2,6-7,14H2. The van der Waals surface area contributed by atoms with Gasteiger partial charge in [0.15, 0.2) is 0 Å². The van der Waals surface area contributed by atoms with Crippen molar-refractivity contribution in [1.29, 1.82) is 0 Å². The van der Waals surface area contributed by atoms with Gasteiger partial charge in [0, 0.05) is 35.6 Å². The molecule has 2 atom stereocenters. The van der Waals surface area contributed by atoms with Gasteiger partial charge in [0.05, 0.1) is 11.0 Å². The molecule has 1 aromatic carbocycles. The third kappa shape index (κ3) is 2.12. The molecule has 0 amide bonds. The number of hydrogen-bond acceptors (Lipinski definition) is 5. The van der Waals surface area contributed by atoms with E-state index in [1.807, 2.05) is 0 Å². The van der Waals surface area contributed by atoms with Gasteiger partial charge in [-0.2, -0.15) is 0 Å². The molecule has 0 radical (unpaired) electrons. The first kappa shape index (κ1) is 12.2. The van der Waals surface area contributed by atoms with Gasteiger partial charge in [-0.05, 0) is 31.7 Å². The van der Waals surface area contributed by atoms with Crippen LogP contribution in [0.5, 0.6) is 0 Å². The molecule has 6 heteroatoms. The fourth-order valence-corrected chi connectivity index (χ4v) is 3.44. The minimum atomic E-state index is -0.416. The van der Waals surface area contributed by atoms with Crippen LogP contribution >= 0.6 is 0 Å². The molecule has 3 rings (SSSR count). The van der Waals surface area contributed by atoms with Crippen molar-refractivity contribution in [1.82, 2.24) is 0 Å². The highest BCUT2D eigenvalue weighted by Crippen LogP contribution is 2.40. The molecule has 19 heavy (non-hydrogen) atoms. The third-order valence-corrected chi connectivity index (χ3v) is 4.14. The molecule has 6 nitrogen and oxygen atoms in total. The summed E-state index contributed by atoms with van der Waals surface area (Å²) in [5, 5.41) is 20.7. The highest BCUT2D eigenvalue weighted by atomic mass is 16.6. The van der Waals surface area contributed by atoms with Gasteiger partial charge in [0.2, 0.25) is 0 Å². The molecule has 2 unspecified atom stereocenters. The van der Waals surface area contributed by atoms with Gasteiger partial charge in [-0.1, -0.05) is 0 Å². The van der Waals surface area contributed by atoms with Gasteiger partial charge in [-0.25, -0.2) is 0 Å². The zero-order chi connectivity index (χ0) is 13.6. The molecule has 2 aliphatic heterocycles. The van der Waals surface area contributed by atoms with E-state index in [1.54, 1.807) is 12.1 Å². The number of rotatable bonds is 2. The Morgan fingerprint density at radius 2 is 1.89 bits per heavy atom. The maximum atomic E-state index is 10.9. The van der Waals surface area contributed by atoms with Crippen molar-refractivity contribution in [3.8, 4) is 0 Å². The average molecular weight is 263 g/mol. The third-order valence-electron chi connectivity index (χ3n) is 4.14. The van der Waals surface area contributed by atoms with Gasteiger partial charge >= 0.3 is 0 Å². The summed E-state index contributed by atoms with van der Waals surface area (Å²) in [6.45, 7) is 0. The quantitative estimate of drug-likeness (QED) is 0.481. The number of piperidine rings is 1. The maximum Gasteiger partial charge on any atom is 0.273 e. The van der Waals surface area contributed by atoms with Crippen molar-refractivity contribution < 1.29 is 10.0 Å². The molecular weight excluding hydrogens is 246 g/mol. The van der Waals surface area contributed by atoms with Gasteiger partial charge in [0.25, 0.3) is 5.69 Å². The van der Waals surface area contributed by atoms with Crippen molar-refractivity contribution in [2.24, 2.45) is 0 Å². The van der Waals surface area contributed by atoms with E-state index in [1.165, 1.54) is 6.07 Å². The molecule has 1 aromatic rings. The molecule has 0 aliphatic carbocycles. The second-order valence-corrected chi connectivity index (χ2v) is 5.46. The molecule has 2 heterocycles.